The van der Waals surface area contributed by atoms with Crippen LogP contribution in [0, 0.1) is 13.8 Å². The SMILES string of the molecule is CN=C(NCCCNc1ccc(C(F)(F)F)cn1)NCc1sc(C)nc1C. The van der Waals surface area contributed by atoms with Crippen LogP contribution in [0.4, 0.5) is 19.0 Å². The molecule has 0 spiro atoms. The maximum Gasteiger partial charge on any atom is 0.417 e. The van der Waals surface area contributed by atoms with Crippen LogP contribution in [-0.2, 0) is 12.7 Å². The van der Waals surface area contributed by atoms with Crippen molar-refractivity contribution in [2.75, 3.05) is 25.5 Å². The predicted molar refractivity (Wildman–Crippen MR) is 102 cm³/mol. The quantitative estimate of drug-likeness (QED) is 0.378. The molecule has 0 radical (unpaired) electrons. The van der Waals surface area contributed by atoms with Crippen LogP contribution in [0.15, 0.2) is 23.3 Å². The van der Waals surface area contributed by atoms with E-state index in [-0.39, 0.29) is 0 Å². The second kappa shape index (κ2) is 9.54. The first kappa shape index (κ1) is 20.9. The van der Waals surface area contributed by atoms with Gasteiger partial charge in [0, 0.05) is 31.2 Å². The van der Waals surface area contributed by atoms with Gasteiger partial charge in [-0.2, -0.15) is 13.2 Å². The molecule has 0 aromatic carbocycles. The third-order valence-electron chi connectivity index (χ3n) is 3.68. The first-order valence-corrected chi connectivity index (χ1v) is 9.26. The highest BCUT2D eigenvalue weighted by Gasteiger charge is 2.30. The molecule has 0 fully saturated rings. The molecular formula is C17H23F3N6S. The largest absolute Gasteiger partial charge is 0.417 e. The van der Waals surface area contributed by atoms with E-state index in [2.05, 4.69) is 30.9 Å². The van der Waals surface area contributed by atoms with Crippen LogP contribution in [0.1, 0.15) is 27.6 Å². The van der Waals surface area contributed by atoms with Crippen LogP contribution in [0.25, 0.3) is 0 Å². The molecule has 2 aromatic rings. The normalized spacial score (nSPS) is 12.1. The van der Waals surface area contributed by atoms with E-state index in [0.717, 1.165) is 29.4 Å². The molecule has 2 heterocycles. The van der Waals surface area contributed by atoms with Gasteiger partial charge in [-0.05, 0) is 32.4 Å². The number of nitrogens with one attached hydrogen (secondary N) is 3. The fourth-order valence-electron chi connectivity index (χ4n) is 2.30. The molecule has 6 nitrogen and oxygen atoms in total. The van der Waals surface area contributed by atoms with Gasteiger partial charge in [0.2, 0.25) is 0 Å². The number of hydrogen-bond donors (Lipinski definition) is 3. The molecule has 27 heavy (non-hydrogen) atoms. The second-order valence-electron chi connectivity index (χ2n) is 5.80. The van der Waals surface area contributed by atoms with Crippen molar-refractivity contribution in [3.63, 3.8) is 0 Å². The van der Waals surface area contributed by atoms with Gasteiger partial charge >= 0.3 is 6.18 Å². The first-order chi connectivity index (χ1) is 12.8. The number of rotatable bonds is 7. The maximum absolute atomic E-state index is 12.5. The van der Waals surface area contributed by atoms with Gasteiger partial charge in [0.05, 0.1) is 22.8 Å². The summed E-state index contributed by atoms with van der Waals surface area (Å²) in [4.78, 5) is 13.5. The van der Waals surface area contributed by atoms with Gasteiger partial charge in [-0.25, -0.2) is 9.97 Å². The lowest BCUT2D eigenvalue weighted by Crippen LogP contribution is -2.37. The molecule has 3 N–H and O–H groups in total. The molecule has 0 aliphatic rings. The molecule has 0 bridgehead atoms. The Morgan fingerprint density at radius 3 is 2.52 bits per heavy atom. The number of guanidine groups is 1. The molecule has 0 amide bonds. The van der Waals surface area contributed by atoms with Gasteiger partial charge in [-0.1, -0.05) is 0 Å². The maximum atomic E-state index is 12.5. The van der Waals surface area contributed by atoms with Gasteiger partial charge in [0.1, 0.15) is 5.82 Å². The van der Waals surface area contributed by atoms with Gasteiger partial charge in [-0.3, -0.25) is 4.99 Å². The van der Waals surface area contributed by atoms with E-state index >= 15 is 0 Å². The Kier molecular flexibility index (Phi) is 7.40. The van der Waals surface area contributed by atoms with Gasteiger partial charge in [0.15, 0.2) is 5.96 Å². The number of thiazole rings is 1. The van der Waals surface area contributed by atoms with Crippen LogP contribution in [0.5, 0.6) is 0 Å². The number of aliphatic imine (C=N–C) groups is 1. The highest BCUT2D eigenvalue weighted by Crippen LogP contribution is 2.28. The van der Waals surface area contributed by atoms with E-state index in [9.17, 15) is 13.2 Å². The monoisotopic (exact) mass is 400 g/mol. The van der Waals surface area contributed by atoms with E-state index in [1.165, 1.54) is 10.9 Å². The highest BCUT2D eigenvalue weighted by atomic mass is 32.1. The summed E-state index contributed by atoms with van der Waals surface area (Å²) in [7, 11) is 1.70. The summed E-state index contributed by atoms with van der Waals surface area (Å²) in [5.74, 6) is 1.11. The van der Waals surface area contributed by atoms with Gasteiger partial charge < -0.3 is 16.0 Å². The summed E-state index contributed by atoms with van der Waals surface area (Å²) in [5.41, 5.74) is 0.268. The summed E-state index contributed by atoms with van der Waals surface area (Å²) < 4.78 is 37.5. The number of aromatic nitrogens is 2. The first-order valence-electron chi connectivity index (χ1n) is 8.44. The van der Waals surface area contributed by atoms with Crippen molar-refractivity contribution in [2.45, 2.75) is 33.0 Å². The zero-order valence-corrected chi connectivity index (χ0v) is 16.3. The lowest BCUT2D eigenvalue weighted by molar-refractivity contribution is -0.137. The molecule has 2 aromatic heterocycles. The van der Waals surface area contributed by atoms with Gasteiger partial charge in [0.25, 0.3) is 0 Å². The van der Waals surface area contributed by atoms with Crippen molar-refractivity contribution in [2.24, 2.45) is 4.99 Å². The van der Waals surface area contributed by atoms with Crippen LogP contribution < -0.4 is 16.0 Å². The Morgan fingerprint density at radius 2 is 1.96 bits per heavy atom. The number of aryl methyl sites for hydroxylation is 2. The molecule has 10 heteroatoms. The van der Waals surface area contributed by atoms with Crippen LogP contribution in [-0.4, -0.2) is 36.1 Å². The average Bonchev–Trinajstić information content (AvgIpc) is 2.94. The minimum atomic E-state index is -4.37. The van der Waals surface area contributed by atoms with Crippen molar-refractivity contribution in [1.29, 1.82) is 0 Å². The Morgan fingerprint density at radius 1 is 1.19 bits per heavy atom. The average molecular weight is 400 g/mol. The molecule has 0 unspecified atom stereocenters. The second-order valence-corrected chi connectivity index (χ2v) is 7.09. The minimum absolute atomic E-state index is 0.418. The Labute approximate surface area is 160 Å². The van der Waals surface area contributed by atoms with Gasteiger partial charge in [-0.15, -0.1) is 11.3 Å². The molecule has 0 aliphatic carbocycles. The standard InChI is InChI=1S/C17H23F3N6S/c1-11-14(27-12(2)26-11)10-25-16(21-3)23-8-4-7-22-15-6-5-13(9-24-15)17(18,19)20/h5-6,9H,4,7-8,10H2,1-3H3,(H,22,24)(H2,21,23,25). The number of pyridine rings is 1. The Balaban J connectivity index is 1.67. The Hall–Kier alpha value is -2.36. The summed E-state index contributed by atoms with van der Waals surface area (Å²) in [6, 6.07) is 2.35. The van der Waals surface area contributed by atoms with Crippen molar-refractivity contribution in [3.8, 4) is 0 Å². The summed E-state index contributed by atoms with van der Waals surface area (Å²) in [6.07, 6.45) is -2.79. The van der Waals surface area contributed by atoms with Crippen molar-refractivity contribution < 1.29 is 13.2 Å². The molecule has 0 aliphatic heterocycles. The van der Waals surface area contributed by atoms with E-state index in [1.54, 1.807) is 18.4 Å². The molecule has 0 atom stereocenters. The third kappa shape index (κ3) is 6.70. The van der Waals surface area contributed by atoms with E-state index < -0.39 is 11.7 Å². The topological polar surface area (TPSA) is 74.2 Å². The lowest BCUT2D eigenvalue weighted by Gasteiger charge is -2.12. The smallest absolute Gasteiger partial charge is 0.370 e. The third-order valence-corrected chi connectivity index (χ3v) is 4.76. The number of hydrogen-bond acceptors (Lipinski definition) is 5. The van der Waals surface area contributed by atoms with E-state index in [4.69, 9.17) is 0 Å². The number of halogens is 3. The fraction of sp³-hybridized carbons (Fsp3) is 0.471. The molecule has 2 rings (SSSR count). The van der Waals surface area contributed by atoms with Crippen LogP contribution in [0.3, 0.4) is 0 Å². The molecule has 148 valence electrons. The fourth-order valence-corrected chi connectivity index (χ4v) is 3.18. The number of alkyl halides is 3. The molecule has 0 saturated carbocycles. The van der Waals surface area contributed by atoms with Crippen LogP contribution in [0.2, 0.25) is 0 Å². The lowest BCUT2D eigenvalue weighted by atomic mass is 10.3. The summed E-state index contributed by atoms with van der Waals surface area (Å²) >= 11 is 1.66. The van der Waals surface area contributed by atoms with E-state index in [1.807, 2.05) is 13.8 Å². The minimum Gasteiger partial charge on any atom is -0.370 e. The number of nitrogens with zero attached hydrogens (tertiary/aromatic N) is 3. The molecular weight excluding hydrogens is 377 g/mol. The van der Waals surface area contributed by atoms with Crippen LogP contribution >= 0.6 is 11.3 Å². The van der Waals surface area contributed by atoms with Crippen molar-refractivity contribution in [3.05, 3.63) is 39.5 Å². The highest BCUT2D eigenvalue weighted by molar-refractivity contribution is 7.11. The molecule has 0 saturated heterocycles. The summed E-state index contributed by atoms with van der Waals surface area (Å²) in [5, 5.41) is 10.5. The summed E-state index contributed by atoms with van der Waals surface area (Å²) in [6.45, 7) is 5.86. The Bertz CT molecular complexity index is 755. The zero-order chi connectivity index (χ0) is 19.9. The van der Waals surface area contributed by atoms with Crippen molar-refractivity contribution >= 4 is 23.1 Å². The zero-order valence-electron chi connectivity index (χ0n) is 15.4. The van der Waals surface area contributed by atoms with E-state index in [0.29, 0.717) is 31.4 Å². The predicted octanol–water partition coefficient (Wildman–Crippen LogP) is 3.34. The van der Waals surface area contributed by atoms with Crippen molar-refractivity contribution in [1.82, 2.24) is 20.6 Å². The number of anilines is 1.